The van der Waals surface area contributed by atoms with E-state index in [9.17, 15) is 13.2 Å². The lowest BCUT2D eigenvalue weighted by atomic mass is 10.2. The van der Waals surface area contributed by atoms with E-state index in [-0.39, 0.29) is 16.4 Å². The molecule has 0 aliphatic heterocycles. The largest absolute Gasteiger partial charge is 0.348 e. The first-order valence-corrected chi connectivity index (χ1v) is 7.72. The summed E-state index contributed by atoms with van der Waals surface area (Å²) in [5.41, 5.74) is 1.15. The van der Waals surface area contributed by atoms with Crippen molar-refractivity contribution in [2.45, 2.75) is 11.4 Å². The molecule has 7 heteroatoms. The summed E-state index contributed by atoms with van der Waals surface area (Å²) >= 11 is 0. The second-order valence-electron chi connectivity index (χ2n) is 4.28. The highest BCUT2D eigenvalue weighted by Crippen LogP contribution is 2.11. The van der Waals surface area contributed by atoms with Crippen LogP contribution in [-0.4, -0.2) is 26.4 Å². The Morgan fingerprint density at radius 2 is 2.05 bits per heavy atom. The highest BCUT2D eigenvalue weighted by molar-refractivity contribution is 7.89. The molecule has 21 heavy (non-hydrogen) atoms. The van der Waals surface area contributed by atoms with Crippen molar-refractivity contribution in [3.05, 3.63) is 59.9 Å². The van der Waals surface area contributed by atoms with Crippen LogP contribution in [0.2, 0.25) is 0 Å². The molecule has 0 radical (unpaired) electrons. The minimum absolute atomic E-state index is 0.0547. The monoisotopic (exact) mass is 305 g/mol. The van der Waals surface area contributed by atoms with E-state index >= 15 is 0 Å². The smallest absolute Gasteiger partial charge is 0.251 e. The lowest BCUT2D eigenvalue weighted by Gasteiger charge is -2.07. The maximum atomic E-state index is 12.0. The summed E-state index contributed by atoms with van der Waals surface area (Å²) in [7, 11) is -2.24. The average molecular weight is 305 g/mol. The quantitative estimate of drug-likeness (QED) is 0.860. The van der Waals surface area contributed by atoms with Gasteiger partial charge in [-0.2, -0.15) is 0 Å². The molecule has 0 atom stereocenters. The first-order chi connectivity index (χ1) is 10.0. The fraction of sp³-hybridized carbons (Fsp3) is 0.143. The third kappa shape index (κ3) is 3.87. The minimum Gasteiger partial charge on any atom is -0.348 e. The van der Waals surface area contributed by atoms with E-state index in [4.69, 9.17) is 0 Å². The van der Waals surface area contributed by atoms with Gasteiger partial charge in [-0.1, -0.05) is 12.1 Å². The van der Waals surface area contributed by atoms with Gasteiger partial charge >= 0.3 is 0 Å². The SMILES string of the molecule is CNS(=O)(=O)c1cccc(C(=O)NCc2cccnc2)c1. The molecule has 0 aliphatic carbocycles. The molecular weight excluding hydrogens is 290 g/mol. The molecule has 0 unspecified atom stereocenters. The molecule has 0 aliphatic rings. The number of sulfonamides is 1. The molecule has 0 saturated heterocycles. The van der Waals surface area contributed by atoms with Gasteiger partial charge in [-0.15, -0.1) is 0 Å². The van der Waals surface area contributed by atoms with Crippen molar-refractivity contribution >= 4 is 15.9 Å². The van der Waals surface area contributed by atoms with E-state index in [1.165, 1.54) is 25.2 Å². The van der Waals surface area contributed by atoms with Crippen LogP contribution in [0.15, 0.2) is 53.7 Å². The van der Waals surface area contributed by atoms with Gasteiger partial charge in [-0.25, -0.2) is 13.1 Å². The van der Waals surface area contributed by atoms with Gasteiger partial charge < -0.3 is 5.32 Å². The van der Waals surface area contributed by atoms with Crippen LogP contribution in [-0.2, 0) is 16.6 Å². The van der Waals surface area contributed by atoms with E-state index in [1.807, 2.05) is 6.07 Å². The lowest BCUT2D eigenvalue weighted by Crippen LogP contribution is -2.24. The first-order valence-electron chi connectivity index (χ1n) is 6.23. The van der Waals surface area contributed by atoms with Gasteiger partial charge in [0, 0.05) is 24.5 Å². The molecule has 1 amide bonds. The van der Waals surface area contributed by atoms with Gasteiger partial charge in [0.1, 0.15) is 0 Å². The van der Waals surface area contributed by atoms with Crippen LogP contribution >= 0.6 is 0 Å². The van der Waals surface area contributed by atoms with Gasteiger partial charge in [-0.05, 0) is 36.9 Å². The molecule has 0 bridgehead atoms. The zero-order valence-corrected chi connectivity index (χ0v) is 12.2. The summed E-state index contributed by atoms with van der Waals surface area (Å²) in [5.74, 6) is -0.341. The molecule has 0 spiro atoms. The van der Waals surface area contributed by atoms with Crippen molar-refractivity contribution < 1.29 is 13.2 Å². The molecule has 6 nitrogen and oxygen atoms in total. The Morgan fingerprint density at radius 3 is 2.71 bits per heavy atom. The molecule has 0 fully saturated rings. The Morgan fingerprint density at radius 1 is 1.24 bits per heavy atom. The van der Waals surface area contributed by atoms with Crippen molar-refractivity contribution in [3.8, 4) is 0 Å². The van der Waals surface area contributed by atoms with Gasteiger partial charge in [0.05, 0.1) is 4.90 Å². The molecule has 0 saturated carbocycles. The van der Waals surface area contributed by atoms with Crippen molar-refractivity contribution in [2.24, 2.45) is 0 Å². The third-order valence-corrected chi connectivity index (χ3v) is 4.26. The highest BCUT2D eigenvalue weighted by atomic mass is 32.2. The maximum Gasteiger partial charge on any atom is 0.251 e. The van der Waals surface area contributed by atoms with E-state index in [0.29, 0.717) is 6.54 Å². The van der Waals surface area contributed by atoms with Crippen LogP contribution in [0.5, 0.6) is 0 Å². The summed E-state index contributed by atoms with van der Waals surface area (Å²) in [4.78, 5) is 16.0. The van der Waals surface area contributed by atoms with Crippen LogP contribution in [0, 0.1) is 0 Å². The third-order valence-electron chi connectivity index (χ3n) is 2.85. The lowest BCUT2D eigenvalue weighted by molar-refractivity contribution is 0.0950. The predicted molar refractivity (Wildman–Crippen MR) is 78.1 cm³/mol. The van der Waals surface area contributed by atoms with Crippen LogP contribution in [0.3, 0.4) is 0 Å². The Bertz CT molecular complexity index is 730. The maximum absolute atomic E-state index is 12.0. The number of aromatic nitrogens is 1. The van der Waals surface area contributed by atoms with Gasteiger partial charge in [-0.3, -0.25) is 9.78 Å². The number of rotatable bonds is 5. The van der Waals surface area contributed by atoms with Crippen LogP contribution < -0.4 is 10.0 Å². The normalized spacial score (nSPS) is 11.1. The van der Waals surface area contributed by atoms with Crippen molar-refractivity contribution in [1.29, 1.82) is 0 Å². The number of nitrogens with one attached hydrogen (secondary N) is 2. The number of amides is 1. The van der Waals surface area contributed by atoms with Crippen molar-refractivity contribution in [2.75, 3.05) is 7.05 Å². The topological polar surface area (TPSA) is 88.2 Å². The van der Waals surface area contributed by atoms with E-state index in [0.717, 1.165) is 5.56 Å². The fourth-order valence-corrected chi connectivity index (χ4v) is 2.48. The highest BCUT2D eigenvalue weighted by Gasteiger charge is 2.14. The Kier molecular flexibility index (Phi) is 4.66. The summed E-state index contributed by atoms with van der Waals surface area (Å²) in [6.45, 7) is 0.329. The standard InChI is InChI=1S/C14H15N3O3S/c1-15-21(19,20)13-6-2-5-12(8-13)14(18)17-10-11-4-3-7-16-9-11/h2-9,15H,10H2,1H3,(H,17,18). The summed E-state index contributed by atoms with van der Waals surface area (Å²) in [6, 6.07) is 9.49. The number of nitrogens with zero attached hydrogens (tertiary/aromatic N) is 1. The molecule has 2 N–H and O–H groups in total. The summed E-state index contributed by atoms with van der Waals surface area (Å²) in [6.07, 6.45) is 3.31. The fourth-order valence-electron chi connectivity index (χ4n) is 1.71. The van der Waals surface area contributed by atoms with E-state index in [1.54, 1.807) is 24.5 Å². The molecular formula is C14H15N3O3S. The Balaban J connectivity index is 2.11. The van der Waals surface area contributed by atoms with Crippen LogP contribution in [0.4, 0.5) is 0 Å². The molecule has 110 valence electrons. The second-order valence-corrected chi connectivity index (χ2v) is 6.17. The van der Waals surface area contributed by atoms with E-state index in [2.05, 4.69) is 15.0 Å². The number of hydrogen-bond donors (Lipinski definition) is 2. The number of hydrogen-bond acceptors (Lipinski definition) is 4. The second kappa shape index (κ2) is 6.47. The average Bonchev–Trinajstić information content (AvgIpc) is 2.53. The number of benzene rings is 1. The first kappa shape index (κ1) is 15.1. The molecule has 2 rings (SSSR count). The Hall–Kier alpha value is -2.25. The minimum atomic E-state index is -3.56. The number of carbonyl (C=O) groups excluding carboxylic acids is 1. The summed E-state index contributed by atoms with van der Waals surface area (Å²) < 4.78 is 25.6. The van der Waals surface area contributed by atoms with Gasteiger partial charge in [0.2, 0.25) is 10.0 Å². The zero-order chi connectivity index (χ0) is 15.3. The molecule has 2 aromatic rings. The van der Waals surface area contributed by atoms with E-state index < -0.39 is 10.0 Å². The predicted octanol–water partition coefficient (Wildman–Crippen LogP) is 0.920. The summed E-state index contributed by atoms with van der Waals surface area (Å²) in [5, 5.41) is 2.72. The van der Waals surface area contributed by atoms with Crippen LogP contribution in [0.25, 0.3) is 0 Å². The van der Waals surface area contributed by atoms with Crippen molar-refractivity contribution in [1.82, 2.24) is 15.0 Å². The Labute approximate surface area is 123 Å². The molecule has 1 aromatic heterocycles. The zero-order valence-electron chi connectivity index (χ0n) is 11.4. The molecule has 1 heterocycles. The number of pyridine rings is 1. The molecule has 1 aromatic carbocycles. The van der Waals surface area contributed by atoms with Crippen molar-refractivity contribution in [3.63, 3.8) is 0 Å². The number of carbonyl (C=O) groups is 1. The van der Waals surface area contributed by atoms with Crippen LogP contribution in [0.1, 0.15) is 15.9 Å². The van der Waals surface area contributed by atoms with Gasteiger partial charge in [0.15, 0.2) is 0 Å². The van der Waals surface area contributed by atoms with Gasteiger partial charge in [0.25, 0.3) is 5.91 Å².